The van der Waals surface area contributed by atoms with Crippen molar-refractivity contribution in [3.63, 3.8) is 0 Å². The van der Waals surface area contributed by atoms with Gasteiger partial charge in [0.25, 0.3) is 0 Å². The van der Waals surface area contributed by atoms with Gasteiger partial charge < -0.3 is 4.74 Å². The number of ether oxygens (including phenoxy) is 1. The Hall–Kier alpha value is -0.320. The van der Waals surface area contributed by atoms with Crippen LogP contribution in [0, 0.1) is 0 Å². The maximum Gasteiger partial charge on any atom is 0.141 e. The van der Waals surface area contributed by atoms with E-state index in [1.165, 1.54) is 0 Å². The lowest BCUT2D eigenvalue weighted by Crippen LogP contribution is -1.90. The van der Waals surface area contributed by atoms with E-state index >= 15 is 0 Å². The Morgan fingerprint density at radius 2 is 1.71 bits per heavy atom. The molecular weight excluding hydrogens is 412 g/mol. The van der Waals surface area contributed by atoms with Gasteiger partial charge >= 0.3 is 0 Å². The minimum absolute atomic E-state index is 0.756. The minimum atomic E-state index is 0.756. The molecule has 88 valence electrons. The average molecular weight is 421 g/mol. The van der Waals surface area contributed by atoms with Gasteiger partial charge in [-0.2, -0.15) is 0 Å². The molecule has 0 aliphatic rings. The molecule has 0 fully saturated rings. The number of hydrogen-bond acceptors (Lipinski definition) is 1. The Labute approximate surface area is 126 Å². The summed E-state index contributed by atoms with van der Waals surface area (Å²) < 4.78 is 7.88. The molecule has 2 rings (SSSR count). The zero-order valence-electron chi connectivity index (χ0n) is 8.79. The van der Waals surface area contributed by atoms with Crippen LogP contribution in [-0.4, -0.2) is 0 Å². The zero-order valence-corrected chi connectivity index (χ0v) is 13.5. The van der Waals surface area contributed by atoms with Crippen molar-refractivity contribution in [3.8, 4) is 11.5 Å². The summed E-state index contributed by atoms with van der Waals surface area (Å²) in [5.41, 5.74) is 1.11. The SMILES string of the molecule is BrCc1cc(Br)ccc1Oc1ccccc1Br. The number of halogens is 3. The number of rotatable bonds is 3. The molecule has 0 spiro atoms. The highest BCUT2D eigenvalue weighted by Crippen LogP contribution is 2.33. The summed E-state index contributed by atoms with van der Waals surface area (Å²) >= 11 is 10.4. The van der Waals surface area contributed by atoms with E-state index in [9.17, 15) is 0 Å². The molecular formula is C13H9Br3O. The molecule has 0 heterocycles. The van der Waals surface area contributed by atoms with Crippen LogP contribution in [0.15, 0.2) is 51.4 Å². The lowest BCUT2D eigenvalue weighted by Gasteiger charge is -2.11. The highest BCUT2D eigenvalue weighted by Gasteiger charge is 2.06. The largest absolute Gasteiger partial charge is 0.456 e. The van der Waals surface area contributed by atoms with Crippen LogP contribution in [0.25, 0.3) is 0 Å². The second-order valence-electron chi connectivity index (χ2n) is 3.42. The fourth-order valence-electron chi connectivity index (χ4n) is 1.40. The fourth-order valence-corrected chi connectivity index (χ4v) is 2.61. The minimum Gasteiger partial charge on any atom is -0.456 e. The maximum atomic E-state index is 5.89. The topological polar surface area (TPSA) is 9.23 Å². The predicted octanol–water partition coefficient (Wildman–Crippen LogP) is 5.90. The van der Waals surface area contributed by atoms with Gasteiger partial charge in [0.1, 0.15) is 11.5 Å². The van der Waals surface area contributed by atoms with Crippen LogP contribution in [0.3, 0.4) is 0 Å². The summed E-state index contributed by atoms with van der Waals surface area (Å²) in [4.78, 5) is 0. The lowest BCUT2D eigenvalue weighted by molar-refractivity contribution is 0.475. The Morgan fingerprint density at radius 3 is 2.41 bits per heavy atom. The van der Waals surface area contributed by atoms with E-state index in [0.29, 0.717) is 0 Å². The summed E-state index contributed by atoms with van der Waals surface area (Å²) in [5.74, 6) is 1.67. The van der Waals surface area contributed by atoms with Crippen LogP contribution in [0.2, 0.25) is 0 Å². The first-order chi connectivity index (χ1) is 8.20. The second kappa shape index (κ2) is 6.03. The van der Waals surface area contributed by atoms with Gasteiger partial charge in [0.2, 0.25) is 0 Å². The molecule has 0 aliphatic carbocycles. The van der Waals surface area contributed by atoms with Gasteiger partial charge in [-0.25, -0.2) is 0 Å². The van der Waals surface area contributed by atoms with Crippen molar-refractivity contribution in [2.24, 2.45) is 0 Å². The van der Waals surface area contributed by atoms with E-state index in [4.69, 9.17) is 4.74 Å². The van der Waals surface area contributed by atoms with Crippen molar-refractivity contribution in [2.45, 2.75) is 5.33 Å². The molecule has 0 atom stereocenters. The molecule has 2 aromatic rings. The Bertz CT molecular complexity index is 526. The van der Waals surface area contributed by atoms with Gasteiger partial charge in [-0.05, 0) is 46.3 Å². The molecule has 0 bridgehead atoms. The number of hydrogen-bond donors (Lipinski definition) is 0. The van der Waals surface area contributed by atoms with Crippen molar-refractivity contribution in [1.82, 2.24) is 0 Å². The average Bonchev–Trinajstić information content (AvgIpc) is 2.34. The van der Waals surface area contributed by atoms with E-state index in [1.54, 1.807) is 0 Å². The third-order valence-corrected chi connectivity index (χ3v) is 3.98. The molecule has 0 unspecified atom stereocenters. The molecule has 0 radical (unpaired) electrons. The quantitative estimate of drug-likeness (QED) is 0.562. The van der Waals surface area contributed by atoms with Gasteiger partial charge in [0, 0.05) is 15.4 Å². The summed E-state index contributed by atoms with van der Waals surface area (Å²) in [6, 6.07) is 13.8. The van der Waals surface area contributed by atoms with Crippen molar-refractivity contribution in [1.29, 1.82) is 0 Å². The summed E-state index contributed by atoms with van der Waals surface area (Å²) in [5, 5.41) is 0.756. The standard InChI is InChI=1S/C13H9Br3O/c14-8-9-7-10(15)5-6-12(9)17-13-4-2-1-3-11(13)16/h1-7H,8H2. The fraction of sp³-hybridized carbons (Fsp3) is 0.0769. The van der Waals surface area contributed by atoms with Gasteiger partial charge in [-0.15, -0.1) is 0 Å². The van der Waals surface area contributed by atoms with Crippen molar-refractivity contribution in [2.75, 3.05) is 0 Å². The van der Waals surface area contributed by atoms with Crippen LogP contribution < -0.4 is 4.74 Å². The Morgan fingerprint density at radius 1 is 0.941 bits per heavy atom. The van der Waals surface area contributed by atoms with Gasteiger partial charge in [0.15, 0.2) is 0 Å². The van der Waals surface area contributed by atoms with Crippen LogP contribution in [0.4, 0.5) is 0 Å². The van der Waals surface area contributed by atoms with Gasteiger partial charge in [0.05, 0.1) is 4.47 Å². The van der Waals surface area contributed by atoms with E-state index < -0.39 is 0 Å². The van der Waals surface area contributed by atoms with Crippen molar-refractivity contribution in [3.05, 3.63) is 57.0 Å². The molecule has 2 aromatic carbocycles. The first-order valence-corrected chi connectivity index (χ1v) is 7.68. The summed E-state index contributed by atoms with van der Waals surface area (Å²) in [6.07, 6.45) is 0. The van der Waals surface area contributed by atoms with E-state index in [0.717, 1.165) is 31.3 Å². The second-order valence-corrected chi connectivity index (χ2v) is 5.75. The van der Waals surface area contributed by atoms with Crippen LogP contribution in [-0.2, 0) is 5.33 Å². The zero-order chi connectivity index (χ0) is 12.3. The monoisotopic (exact) mass is 418 g/mol. The third-order valence-electron chi connectivity index (χ3n) is 2.22. The molecule has 0 saturated heterocycles. The predicted molar refractivity (Wildman–Crippen MR) is 81.0 cm³/mol. The molecule has 17 heavy (non-hydrogen) atoms. The molecule has 4 heteroatoms. The molecule has 0 saturated carbocycles. The van der Waals surface area contributed by atoms with E-state index in [1.807, 2.05) is 42.5 Å². The lowest BCUT2D eigenvalue weighted by atomic mass is 10.2. The van der Waals surface area contributed by atoms with Crippen LogP contribution in [0.1, 0.15) is 5.56 Å². The maximum absolute atomic E-state index is 5.89. The van der Waals surface area contributed by atoms with Crippen LogP contribution >= 0.6 is 47.8 Å². The summed E-state index contributed by atoms with van der Waals surface area (Å²) in [7, 11) is 0. The normalized spacial score (nSPS) is 10.3. The molecule has 1 nitrogen and oxygen atoms in total. The van der Waals surface area contributed by atoms with Gasteiger partial charge in [-0.1, -0.05) is 44.0 Å². The molecule has 0 aromatic heterocycles. The molecule has 0 aliphatic heterocycles. The first-order valence-electron chi connectivity index (χ1n) is 4.97. The molecule has 0 N–H and O–H groups in total. The van der Waals surface area contributed by atoms with Crippen molar-refractivity contribution < 1.29 is 4.74 Å². The number of alkyl halides is 1. The number of benzene rings is 2. The van der Waals surface area contributed by atoms with E-state index in [-0.39, 0.29) is 0 Å². The van der Waals surface area contributed by atoms with E-state index in [2.05, 4.69) is 47.8 Å². The molecule has 0 amide bonds. The number of para-hydroxylation sites is 1. The highest BCUT2D eigenvalue weighted by atomic mass is 79.9. The third kappa shape index (κ3) is 3.33. The van der Waals surface area contributed by atoms with Crippen LogP contribution in [0.5, 0.6) is 11.5 Å². The first kappa shape index (κ1) is 13.1. The summed E-state index contributed by atoms with van der Waals surface area (Å²) in [6.45, 7) is 0. The van der Waals surface area contributed by atoms with Crippen molar-refractivity contribution >= 4 is 47.8 Å². The van der Waals surface area contributed by atoms with Gasteiger partial charge in [-0.3, -0.25) is 0 Å². The Balaban J connectivity index is 2.33. The Kier molecular flexibility index (Phi) is 4.65. The highest BCUT2D eigenvalue weighted by molar-refractivity contribution is 9.11. The smallest absolute Gasteiger partial charge is 0.141 e.